The summed E-state index contributed by atoms with van der Waals surface area (Å²) in [4.78, 5) is 0. The van der Waals surface area contributed by atoms with Gasteiger partial charge in [0.1, 0.15) is 0 Å². The summed E-state index contributed by atoms with van der Waals surface area (Å²) in [6.45, 7) is 8.21. The molecule has 2 N–H and O–H groups in total. The van der Waals surface area contributed by atoms with E-state index in [0.29, 0.717) is 5.92 Å². The smallest absolute Gasteiger partial charge is 0.0675 e. The van der Waals surface area contributed by atoms with E-state index >= 15 is 0 Å². The van der Waals surface area contributed by atoms with Crippen molar-refractivity contribution in [3.63, 3.8) is 0 Å². The minimum absolute atomic E-state index is 0.0456. The summed E-state index contributed by atoms with van der Waals surface area (Å²) in [6, 6.07) is 0. The lowest BCUT2D eigenvalue weighted by Crippen LogP contribution is -2.44. The van der Waals surface area contributed by atoms with Crippen LogP contribution in [0.1, 0.15) is 98.3 Å². The van der Waals surface area contributed by atoms with E-state index in [4.69, 9.17) is 0 Å². The SMILES string of the molecule is C1CCCCC1.CC(C)=CCCC(C)(O)C1CCC(C)CC1O. The minimum atomic E-state index is -0.731. The molecule has 0 bridgehead atoms. The maximum Gasteiger partial charge on any atom is 0.0675 e. The zero-order valence-electron chi connectivity index (χ0n) is 16.0. The summed E-state index contributed by atoms with van der Waals surface area (Å²) >= 11 is 0. The Balaban J connectivity index is 0.000000366. The Bertz CT molecular complexity index is 326. The molecule has 2 heteroatoms. The van der Waals surface area contributed by atoms with Gasteiger partial charge in [0, 0.05) is 5.92 Å². The van der Waals surface area contributed by atoms with Gasteiger partial charge in [0.05, 0.1) is 11.7 Å². The van der Waals surface area contributed by atoms with E-state index < -0.39 is 5.60 Å². The molecular weight excluding hydrogens is 284 g/mol. The Morgan fingerprint density at radius 2 is 1.57 bits per heavy atom. The summed E-state index contributed by atoms with van der Waals surface area (Å²) in [5.74, 6) is 0.638. The van der Waals surface area contributed by atoms with Crippen molar-refractivity contribution >= 4 is 0 Å². The minimum Gasteiger partial charge on any atom is -0.393 e. The number of aliphatic hydroxyl groups excluding tert-OH is 1. The molecule has 4 atom stereocenters. The monoisotopic (exact) mass is 324 g/mol. The standard InChI is InChI=1S/C15H28O2.C6H12/c1-11(2)6-5-9-15(4,17)13-8-7-12(3)10-14(13)16;1-2-4-6-5-3-1/h6,12-14,16-17H,5,7-10H2,1-4H3;1-6H2. The van der Waals surface area contributed by atoms with Crippen molar-refractivity contribution in [3.8, 4) is 0 Å². The van der Waals surface area contributed by atoms with Crippen LogP contribution >= 0.6 is 0 Å². The molecule has 4 unspecified atom stereocenters. The van der Waals surface area contributed by atoms with Gasteiger partial charge < -0.3 is 10.2 Å². The third kappa shape index (κ3) is 8.35. The number of hydrogen-bond acceptors (Lipinski definition) is 2. The molecule has 0 radical (unpaired) electrons. The number of hydrogen-bond donors (Lipinski definition) is 2. The van der Waals surface area contributed by atoms with Crippen LogP contribution in [0.2, 0.25) is 0 Å². The van der Waals surface area contributed by atoms with Gasteiger partial charge in [0.2, 0.25) is 0 Å². The van der Waals surface area contributed by atoms with Gasteiger partial charge in [-0.3, -0.25) is 0 Å². The molecule has 0 spiro atoms. The first-order valence-electron chi connectivity index (χ1n) is 9.86. The Labute approximate surface area is 144 Å². The van der Waals surface area contributed by atoms with Crippen molar-refractivity contribution in [2.24, 2.45) is 11.8 Å². The highest BCUT2D eigenvalue weighted by Gasteiger charge is 2.39. The van der Waals surface area contributed by atoms with Crippen LogP contribution in [-0.2, 0) is 0 Å². The van der Waals surface area contributed by atoms with Crippen LogP contribution in [0.3, 0.4) is 0 Å². The van der Waals surface area contributed by atoms with Gasteiger partial charge in [0.15, 0.2) is 0 Å². The quantitative estimate of drug-likeness (QED) is 0.659. The summed E-state index contributed by atoms with van der Waals surface area (Å²) < 4.78 is 0. The molecule has 0 aromatic rings. The topological polar surface area (TPSA) is 40.5 Å². The predicted octanol–water partition coefficient (Wildman–Crippen LogP) is 5.62. The lowest BCUT2D eigenvalue weighted by Gasteiger charge is -2.40. The average molecular weight is 325 g/mol. The third-order valence-electron chi connectivity index (χ3n) is 5.58. The molecule has 2 aliphatic carbocycles. The fourth-order valence-corrected chi connectivity index (χ4v) is 3.98. The van der Waals surface area contributed by atoms with Gasteiger partial charge in [0.25, 0.3) is 0 Å². The van der Waals surface area contributed by atoms with Crippen molar-refractivity contribution in [1.82, 2.24) is 0 Å². The van der Waals surface area contributed by atoms with Crippen molar-refractivity contribution < 1.29 is 10.2 Å². The lowest BCUT2D eigenvalue weighted by molar-refractivity contribution is -0.0876. The molecule has 2 aliphatic rings. The number of aliphatic hydroxyl groups is 2. The molecule has 2 rings (SSSR count). The fraction of sp³-hybridized carbons (Fsp3) is 0.905. The fourth-order valence-electron chi connectivity index (χ4n) is 3.98. The molecule has 2 saturated carbocycles. The Kier molecular flexibility index (Phi) is 9.46. The molecule has 0 aliphatic heterocycles. The van der Waals surface area contributed by atoms with E-state index in [1.807, 2.05) is 6.92 Å². The van der Waals surface area contributed by atoms with Gasteiger partial charge in [-0.05, 0) is 52.4 Å². The van der Waals surface area contributed by atoms with E-state index in [1.54, 1.807) is 0 Å². The Morgan fingerprint density at radius 3 is 2.00 bits per heavy atom. The van der Waals surface area contributed by atoms with Crippen LogP contribution in [0.25, 0.3) is 0 Å². The van der Waals surface area contributed by atoms with Gasteiger partial charge in [-0.25, -0.2) is 0 Å². The lowest BCUT2D eigenvalue weighted by atomic mass is 9.71. The molecule has 0 aromatic carbocycles. The maximum atomic E-state index is 10.5. The molecule has 23 heavy (non-hydrogen) atoms. The van der Waals surface area contributed by atoms with Crippen LogP contribution < -0.4 is 0 Å². The number of rotatable bonds is 4. The van der Waals surface area contributed by atoms with E-state index in [-0.39, 0.29) is 12.0 Å². The first-order chi connectivity index (χ1) is 10.8. The first-order valence-corrected chi connectivity index (χ1v) is 9.86. The molecule has 2 fully saturated rings. The van der Waals surface area contributed by atoms with Crippen LogP contribution in [0.5, 0.6) is 0 Å². The number of allylic oxidation sites excluding steroid dienone is 2. The molecule has 0 saturated heterocycles. The Hall–Kier alpha value is -0.340. The summed E-state index contributed by atoms with van der Waals surface area (Å²) in [5.41, 5.74) is 0.560. The molecule has 136 valence electrons. The zero-order chi connectivity index (χ0) is 17.3. The molecular formula is C21H40O2. The second-order valence-corrected chi connectivity index (χ2v) is 8.39. The second-order valence-electron chi connectivity index (χ2n) is 8.39. The summed E-state index contributed by atoms with van der Waals surface area (Å²) in [6.07, 6.45) is 15.4. The highest BCUT2D eigenvalue weighted by atomic mass is 16.3. The highest BCUT2D eigenvalue weighted by molar-refractivity contribution is 4.96. The second kappa shape index (κ2) is 10.5. The van der Waals surface area contributed by atoms with E-state index in [0.717, 1.165) is 32.1 Å². The van der Waals surface area contributed by atoms with Crippen molar-refractivity contribution in [1.29, 1.82) is 0 Å². The van der Waals surface area contributed by atoms with E-state index in [1.165, 1.54) is 44.1 Å². The van der Waals surface area contributed by atoms with Crippen LogP contribution in [0.4, 0.5) is 0 Å². The van der Waals surface area contributed by atoms with E-state index in [2.05, 4.69) is 26.8 Å². The molecule has 0 amide bonds. The van der Waals surface area contributed by atoms with Crippen LogP contribution in [-0.4, -0.2) is 21.9 Å². The van der Waals surface area contributed by atoms with Gasteiger partial charge in [-0.1, -0.05) is 63.5 Å². The Morgan fingerprint density at radius 1 is 1.04 bits per heavy atom. The van der Waals surface area contributed by atoms with Crippen molar-refractivity contribution in [2.75, 3.05) is 0 Å². The zero-order valence-corrected chi connectivity index (χ0v) is 16.0. The van der Waals surface area contributed by atoms with Gasteiger partial charge in [-0.15, -0.1) is 0 Å². The van der Waals surface area contributed by atoms with Crippen molar-refractivity contribution in [3.05, 3.63) is 11.6 Å². The van der Waals surface area contributed by atoms with Crippen molar-refractivity contribution in [2.45, 2.75) is 110 Å². The van der Waals surface area contributed by atoms with Gasteiger partial charge >= 0.3 is 0 Å². The normalized spacial score (nSPS) is 30.6. The average Bonchev–Trinajstić information content (AvgIpc) is 2.48. The summed E-state index contributed by atoms with van der Waals surface area (Å²) in [7, 11) is 0. The molecule has 0 aromatic heterocycles. The van der Waals surface area contributed by atoms with Crippen LogP contribution in [0, 0.1) is 11.8 Å². The maximum absolute atomic E-state index is 10.5. The summed E-state index contributed by atoms with van der Waals surface area (Å²) in [5, 5.41) is 20.6. The van der Waals surface area contributed by atoms with E-state index in [9.17, 15) is 10.2 Å². The first kappa shape index (κ1) is 20.7. The predicted molar refractivity (Wildman–Crippen MR) is 99.5 cm³/mol. The third-order valence-corrected chi connectivity index (χ3v) is 5.58. The van der Waals surface area contributed by atoms with Gasteiger partial charge in [-0.2, -0.15) is 0 Å². The molecule has 2 nitrogen and oxygen atoms in total. The van der Waals surface area contributed by atoms with Crippen LogP contribution in [0.15, 0.2) is 11.6 Å². The molecule has 0 heterocycles. The largest absolute Gasteiger partial charge is 0.393 e. The highest BCUT2D eigenvalue weighted by Crippen LogP contribution is 2.37.